The van der Waals surface area contributed by atoms with E-state index >= 15 is 0 Å². The first-order valence-corrected chi connectivity index (χ1v) is 7.69. The number of hydrogen-bond donors (Lipinski definition) is 2. The lowest BCUT2D eigenvalue weighted by molar-refractivity contribution is -0.115. The highest BCUT2D eigenvalue weighted by Crippen LogP contribution is 2.21. The van der Waals surface area contributed by atoms with Crippen LogP contribution < -0.4 is 16.3 Å². The van der Waals surface area contributed by atoms with Crippen LogP contribution in [0.2, 0.25) is 0 Å². The summed E-state index contributed by atoms with van der Waals surface area (Å²) in [6.07, 6.45) is 4.77. The molecule has 0 spiro atoms. The Hall–Kier alpha value is -2.14. The van der Waals surface area contributed by atoms with Gasteiger partial charge in [-0.15, -0.1) is 0 Å². The van der Waals surface area contributed by atoms with Crippen LogP contribution in [-0.4, -0.2) is 18.5 Å². The highest BCUT2D eigenvalue weighted by Gasteiger charge is 2.15. The molecular formula is C17H20N2O3. The number of aryl methyl sites for hydroxylation is 1. The van der Waals surface area contributed by atoms with Gasteiger partial charge in [-0.05, 0) is 37.5 Å². The number of anilines is 1. The van der Waals surface area contributed by atoms with Gasteiger partial charge in [0.15, 0.2) is 0 Å². The first-order valence-electron chi connectivity index (χ1n) is 7.69. The minimum atomic E-state index is -0.378. The second kappa shape index (κ2) is 6.32. The molecule has 2 aromatic rings. The molecule has 1 aliphatic rings. The van der Waals surface area contributed by atoms with Crippen molar-refractivity contribution in [3.63, 3.8) is 0 Å². The zero-order valence-corrected chi connectivity index (χ0v) is 12.6. The predicted molar refractivity (Wildman–Crippen MR) is 86.1 cm³/mol. The monoisotopic (exact) mass is 300 g/mol. The maximum Gasteiger partial charge on any atom is 0.336 e. The Kier molecular flexibility index (Phi) is 4.24. The third kappa shape index (κ3) is 3.36. The van der Waals surface area contributed by atoms with Gasteiger partial charge >= 0.3 is 5.63 Å². The molecule has 5 nitrogen and oxygen atoms in total. The summed E-state index contributed by atoms with van der Waals surface area (Å²) in [6.45, 7) is 2.17. The fourth-order valence-electron chi connectivity index (χ4n) is 2.97. The summed E-state index contributed by atoms with van der Waals surface area (Å²) < 4.78 is 5.18. The number of carbonyl (C=O) groups excluding carboxylic acids is 1. The van der Waals surface area contributed by atoms with Gasteiger partial charge in [-0.2, -0.15) is 0 Å². The van der Waals surface area contributed by atoms with Crippen molar-refractivity contribution in [2.24, 2.45) is 0 Å². The summed E-state index contributed by atoms with van der Waals surface area (Å²) in [6, 6.07) is 7.29. The quantitative estimate of drug-likeness (QED) is 0.851. The Morgan fingerprint density at radius 3 is 2.82 bits per heavy atom. The van der Waals surface area contributed by atoms with Crippen molar-refractivity contribution in [3.8, 4) is 0 Å². The van der Waals surface area contributed by atoms with Crippen molar-refractivity contribution in [1.82, 2.24) is 5.32 Å². The van der Waals surface area contributed by atoms with E-state index in [-0.39, 0.29) is 11.5 Å². The molecule has 5 heteroatoms. The molecule has 0 atom stereocenters. The van der Waals surface area contributed by atoms with E-state index in [1.807, 2.05) is 19.1 Å². The zero-order chi connectivity index (χ0) is 15.5. The minimum absolute atomic E-state index is 0.0822. The molecule has 1 aromatic heterocycles. The number of fused-ring (bicyclic) bond motifs is 1. The van der Waals surface area contributed by atoms with Crippen molar-refractivity contribution in [1.29, 1.82) is 0 Å². The van der Waals surface area contributed by atoms with E-state index in [0.29, 0.717) is 23.9 Å². The van der Waals surface area contributed by atoms with Gasteiger partial charge in [0.2, 0.25) is 5.91 Å². The Morgan fingerprint density at radius 2 is 2.05 bits per heavy atom. The van der Waals surface area contributed by atoms with Gasteiger partial charge in [0, 0.05) is 29.2 Å². The Morgan fingerprint density at radius 1 is 1.27 bits per heavy atom. The van der Waals surface area contributed by atoms with Gasteiger partial charge in [0.25, 0.3) is 0 Å². The third-order valence-electron chi connectivity index (χ3n) is 4.14. The molecule has 0 saturated heterocycles. The lowest BCUT2D eigenvalue weighted by atomic mass is 10.1. The lowest BCUT2D eigenvalue weighted by Gasteiger charge is -2.12. The van der Waals surface area contributed by atoms with Gasteiger partial charge in [-0.3, -0.25) is 4.79 Å². The Labute approximate surface area is 128 Å². The first kappa shape index (κ1) is 14.8. The maximum atomic E-state index is 12.0. The van der Waals surface area contributed by atoms with E-state index in [1.54, 1.807) is 6.07 Å². The van der Waals surface area contributed by atoms with Crippen molar-refractivity contribution in [2.45, 2.75) is 38.6 Å². The zero-order valence-electron chi connectivity index (χ0n) is 12.6. The highest BCUT2D eigenvalue weighted by molar-refractivity contribution is 5.94. The normalized spacial score (nSPS) is 15.3. The third-order valence-corrected chi connectivity index (χ3v) is 4.14. The summed E-state index contributed by atoms with van der Waals surface area (Å²) in [4.78, 5) is 23.4. The predicted octanol–water partition coefficient (Wildman–Crippen LogP) is 2.57. The lowest BCUT2D eigenvalue weighted by Crippen LogP contribution is -2.34. The van der Waals surface area contributed by atoms with Crippen LogP contribution in [0, 0.1) is 6.92 Å². The average molecular weight is 300 g/mol. The van der Waals surface area contributed by atoms with Crippen LogP contribution in [0.15, 0.2) is 33.5 Å². The number of carbonyl (C=O) groups is 1. The van der Waals surface area contributed by atoms with Gasteiger partial charge in [0.1, 0.15) is 5.58 Å². The van der Waals surface area contributed by atoms with Crippen LogP contribution in [-0.2, 0) is 4.79 Å². The van der Waals surface area contributed by atoms with Crippen LogP contribution in [0.3, 0.4) is 0 Å². The molecule has 2 N–H and O–H groups in total. The molecule has 0 bridgehead atoms. The molecule has 116 valence electrons. The summed E-state index contributed by atoms with van der Waals surface area (Å²) >= 11 is 0. The van der Waals surface area contributed by atoms with Crippen LogP contribution in [0.5, 0.6) is 0 Å². The van der Waals surface area contributed by atoms with Crippen LogP contribution >= 0.6 is 0 Å². The van der Waals surface area contributed by atoms with Gasteiger partial charge in [-0.25, -0.2) is 4.79 Å². The molecule has 3 rings (SSSR count). The highest BCUT2D eigenvalue weighted by atomic mass is 16.4. The van der Waals surface area contributed by atoms with Crippen LogP contribution in [0.1, 0.15) is 31.2 Å². The summed E-state index contributed by atoms with van der Waals surface area (Å²) in [5, 5.41) is 6.98. The smallest absolute Gasteiger partial charge is 0.336 e. The van der Waals surface area contributed by atoms with Crippen molar-refractivity contribution in [3.05, 3.63) is 40.2 Å². The largest absolute Gasteiger partial charge is 0.423 e. The summed E-state index contributed by atoms with van der Waals surface area (Å²) in [7, 11) is 0. The number of nitrogens with one attached hydrogen (secondary N) is 2. The van der Waals surface area contributed by atoms with E-state index in [1.165, 1.54) is 18.9 Å². The van der Waals surface area contributed by atoms with E-state index in [0.717, 1.165) is 23.8 Å². The molecule has 1 fully saturated rings. The van der Waals surface area contributed by atoms with Crippen molar-refractivity contribution < 1.29 is 9.21 Å². The number of amides is 1. The van der Waals surface area contributed by atoms with Crippen LogP contribution in [0.4, 0.5) is 5.69 Å². The van der Waals surface area contributed by atoms with Gasteiger partial charge in [0.05, 0.1) is 6.54 Å². The molecular weight excluding hydrogens is 280 g/mol. The average Bonchev–Trinajstić information content (AvgIpc) is 2.98. The van der Waals surface area contributed by atoms with E-state index in [4.69, 9.17) is 4.42 Å². The summed E-state index contributed by atoms with van der Waals surface area (Å²) in [5.41, 5.74) is 1.62. The molecule has 1 aliphatic carbocycles. The first-order chi connectivity index (χ1) is 10.6. The minimum Gasteiger partial charge on any atom is -0.423 e. The topological polar surface area (TPSA) is 71.3 Å². The van der Waals surface area contributed by atoms with E-state index in [2.05, 4.69) is 10.6 Å². The molecule has 0 aliphatic heterocycles. The standard InChI is InChI=1S/C17H20N2O3/c1-11-8-17(21)22-15-9-13(6-7-14(11)15)19-16(20)10-18-12-4-2-3-5-12/h6-9,12,18H,2-5,10H2,1H3,(H,19,20). The number of hydrogen-bond acceptors (Lipinski definition) is 4. The SMILES string of the molecule is Cc1cc(=O)oc2cc(NC(=O)CNC3CCCC3)ccc12. The molecule has 0 radical (unpaired) electrons. The van der Waals surface area contributed by atoms with E-state index < -0.39 is 0 Å². The molecule has 1 aromatic carbocycles. The van der Waals surface area contributed by atoms with Crippen molar-refractivity contribution >= 4 is 22.6 Å². The number of rotatable bonds is 4. The summed E-state index contributed by atoms with van der Waals surface area (Å²) in [5.74, 6) is -0.0822. The second-order valence-corrected chi connectivity index (χ2v) is 5.87. The maximum absolute atomic E-state index is 12.0. The van der Waals surface area contributed by atoms with Crippen LogP contribution in [0.25, 0.3) is 11.0 Å². The van der Waals surface area contributed by atoms with Gasteiger partial charge < -0.3 is 15.1 Å². The van der Waals surface area contributed by atoms with Crippen molar-refractivity contribution in [2.75, 3.05) is 11.9 Å². The molecule has 22 heavy (non-hydrogen) atoms. The Bertz CT molecular complexity index is 745. The fourth-order valence-corrected chi connectivity index (χ4v) is 2.97. The van der Waals surface area contributed by atoms with E-state index in [9.17, 15) is 9.59 Å². The molecule has 1 heterocycles. The fraction of sp³-hybridized carbons (Fsp3) is 0.412. The number of benzene rings is 1. The Balaban J connectivity index is 1.68. The van der Waals surface area contributed by atoms with Gasteiger partial charge in [-0.1, -0.05) is 12.8 Å². The molecule has 0 unspecified atom stereocenters. The molecule has 1 amide bonds. The molecule has 1 saturated carbocycles. The second-order valence-electron chi connectivity index (χ2n) is 5.87.